The smallest absolute Gasteiger partial charge is 0.0841 e. The maximum atomic E-state index is 3.75. The highest BCUT2D eigenvalue weighted by Gasteiger charge is 2.34. The van der Waals surface area contributed by atoms with Crippen LogP contribution < -0.4 is 15.5 Å². The van der Waals surface area contributed by atoms with Crippen molar-refractivity contribution >= 4 is 5.69 Å². The van der Waals surface area contributed by atoms with Gasteiger partial charge in [-0.3, -0.25) is 10.6 Å². The molecule has 1 heterocycles. The molecule has 1 aliphatic heterocycles. The molecule has 3 rings (SSSR count). The van der Waals surface area contributed by atoms with Gasteiger partial charge in [-0.25, -0.2) is 0 Å². The Hall–Kier alpha value is -1.06. The van der Waals surface area contributed by atoms with E-state index in [1.54, 1.807) is 0 Å². The summed E-state index contributed by atoms with van der Waals surface area (Å²) in [6.45, 7) is 0. The molecule has 3 nitrogen and oxygen atoms in total. The highest BCUT2D eigenvalue weighted by molar-refractivity contribution is 5.48. The summed E-state index contributed by atoms with van der Waals surface area (Å²) in [6.07, 6.45) is 5.72. The molecular formula is C15H23N3. The lowest BCUT2D eigenvalue weighted by atomic mass is 9.92. The van der Waals surface area contributed by atoms with Crippen molar-refractivity contribution in [3.63, 3.8) is 0 Å². The van der Waals surface area contributed by atoms with Crippen LogP contribution in [-0.2, 0) is 0 Å². The molecule has 0 amide bonds. The molecule has 2 fully saturated rings. The molecule has 1 aliphatic carbocycles. The topological polar surface area (TPSA) is 27.3 Å². The van der Waals surface area contributed by atoms with E-state index in [2.05, 4.69) is 53.9 Å². The fourth-order valence-electron chi connectivity index (χ4n) is 3.18. The van der Waals surface area contributed by atoms with Crippen molar-refractivity contribution in [3.8, 4) is 0 Å². The molecule has 2 N–H and O–H groups in total. The number of benzene rings is 1. The number of hydrogen-bond acceptors (Lipinski definition) is 3. The fraction of sp³-hybridized carbons (Fsp3) is 0.600. The molecule has 3 heteroatoms. The molecular weight excluding hydrogens is 222 g/mol. The molecule has 18 heavy (non-hydrogen) atoms. The minimum Gasteiger partial charge on any atom is -0.378 e. The van der Waals surface area contributed by atoms with Crippen LogP contribution in [0.4, 0.5) is 5.69 Å². The Balaban J connectivity index is 1.77. The fourth-order valence-corrected chi connectivity index (χ4v) is 3.18. The first-order chi connectivity index (χ1) is 8.74. The Morgan fingerprint density at radius 1 is 1.06 bits per heavy atom. The zero-order valence-electron chi connectivity index (χ0n) is 11.3. The van der Waals surface area contributed by atoms with Crippen LogP contribution in [0.3, 0.4) is 0 Å². The maximum Gasteiger partial charge on any atom is 0.0841 e. The van der Waals surface area contributed by atoms with Gasteiger partial charge >= 0.3 is 0 Å². The van der Waals surface area contributed by atoms with Gasteiger partial charge < -0.3 is 4.90 Å². The number of fused-ring (bicyclic) bond motifs is 1. The van der Waals surface area contributed by atoms with Crippen LogP contribution in [0.25, 0.3) is 0 Å². The van der Waals surface area contributed by atoms with Gasteiger partial charge in [0.15, 0.2) is 0 Å². The van der Waals surface area contributed by atoms with Crippen molar-refractivity contribution in [2.45, 2.75) is 43.9 Å². The normalized spacial score (nSPS) is 31.1. The second kappa shape index (κ2) is 4.90. The van der Waals surface area contributed by atoms with Crippen molar-refractivity contribution < 1.29 is 0 Å². The summed E-state index contributed by atoms with van der Waals surface area (Å²) in [6, 6.07) is 10.1. The van der Waals surface area contributed by atoms with E-state index < -0.39 is 0 Å². The SMILES string of the molecule is CN(C)c1cccc(C2NC3CCCCC3N2)c1. The average molecular weight is 245 g/mol. The summed E-state index contributed by atoms with van der Waals surface area (Å²) in [4.78, 5) is 2.16. The average Bonchev–Trinajstić information content (AvgIpc) is 2.82. The second-order valence-corrected chi connectivity index (χ2v) is 5.75. The molecule has 1 aromatic carbocycles. The van der Waals surface area contributed by atoms with E-state index >= 15 is 0 Å². The molecule has 0 radical (unpaired) electrons. The summed E-state index contributed by atoms with van der Waals surface area (Å²) in [5, 5.41) is 7.49. The van der Waals surface area contributed by atoms with Crippen molar-refractivity contribution in [1.29, 1.82) is 0 Å². The summed E-state index contributed by atoms with van der Waals surface area (Å²) in [5.74, 6) is 0. The Morgan fingerprint density at radius 3 is 2.33 bits per heavy atom. The monoisotopic (exact) mass is 245 g/mol. The molecule has 2 atom stereocenters. The van der Waals surface area contributed by atoms with E-state index in [9.17, 15) is 0 Å². The third kappa shape index (κ3) is 2.25. The Bertz CT molecular complexity index is 402. The van der Waals surface area contributed by atoms with Crippen LogP contribution in [0.2, 0.25) is 0 Å². The van der Waals surface area contributed by atoms with E-state index in [1.807, 2.05) is 0 Å². The zero-order valence-corrected chi connectivity index (χ0v) is 11.3. The quantitative estimate of drug-likeness (QED) is 0.837. The third-order valence-corrected chi connectivity index (χ3v) is 4.25. The molecule has 0 spiro atoms. The van der Waals surface area contributed by atoms with E-state index in [0.717, 1.165) is 0 Å². The molecule has 1 aromatic rings. The van der Waals surface area contributed by atoms with Crippen LogP contribution in [-0.4, -0.2) is 26.2 Å². The first-order valence-electron chi connectivity index (χ1n) is 7.03. The van der Waals surface area contributed by atoms with E-state index in [0.29, 0.717) is 18.2 Å². The van der Waals surface area contributed by atoms with E-state index in [1.165, 1.54) is 36.9 Å². The highest BCUT2D eigenvalue weighted by Crippen LogP contribution is 2.29. The van der Waals surface area contributed by atoms with Gasteiger partial charge in [-0.2, -0.15) is 0 Å². The van der Waals surface area contributed by atoms with Crippen LogP contribution in [0.15, 0.2) is 24.3 Å². The first-order valence-corrected chi connectivity index (χ1v) is 7.03. The minimum absolute atomic E-state index is 0.331. The predicted molar refractivity (Wildman–Crippen MR) is 75.8 cm³/mol. The summed E-state index contributed by atoms with van der Waals surface area (Å²) >= 11 is 0. The van der Waals surface area contributed by atoms with Gasteiger partial charge in [0, 0.05) is 31.9 Å². The third-order valence-electron chi connectivity index (χ3n) is 4.25. The Kier molecular flexibility index (Phi) is 3.27. The summed E-state index contributed by atoms with van der Waals surface area (Å²) in [5.41, 5.74) is 2.63. The standard InChI is InChI=1S/C15H23N3/c1-18(2)12-7-5-6-11(10-12)15-16-13-8-3-4-9-14(13)17-15/h5-7,10,13-17H,3-4,8-9H2,1-2H3. The van der Waals surface area contributed by atoms with E-state index in [4.69, 9.17) is 0 Å². The lowest BCUT2D eigenvalue weighted by Gasteiger charge is -2.23. The molecule has 2 aliphatic rings. The number of anilines is 1. The lowest BCUT2D eigenvalue weighted by Crippen LogP contribution is -2.36. The van der Waals surface area contributed by atoms with Crippen molar-refractivity contribution in [2.24, 2.45) is 0 Å². The van der Waals surface area contributed by atoms with Crippen LogP contribution in [0, 0.1) is 0 Å². The molecule has 0 bridgehead atoms. The summed E-state index contributed by atoms with van der Waals surface area (Å²) in [7, 11) is 4.18. The lowest BCUT2D eigenvalue weighted by molar-refractivity contribution is 0.374. The van der Waals surface area contributed by atoms with Gasteiger partial charge in [0.2, 0.25) is 0 Å². The Labute approximate surface area is 110 Å². The summed E-state index contributed by atoms with van der Waals surface area (Å²) < 4.78 is 0. The number of rotatable bonds is 2. The second-order valence-electron chi connectivity index (χ2n) is 5.75. The molecule has 0 aromatic heterocycles. The maximum absolute atomic E-state index is 3.75. The molecule has 2 unspecified atom stereocenters. The van der Waals surface area contributed by atoms with Gasteiger partial charge in [-0.15, -0.1) is 0 Å². The van der Waals surface area contributed by atoms with Crippen LogP contribution in [0.1, 0.15) is 37.4 Å². The van der Waals surface area contributed by atoms with Gasteiger partial charge in [-0.05, 0) is 30.5 Å². The van der Waals surface area contributed by atoms with Gasteiger partial charge in [0.1, 0.15) is 0 Å². The molecule has 1 saturated heterocycles. The molecule has 98 valence electrons. The van der Waals surface area contributed by atoms with Crippen molar-refractivity contribution in [3.05, 3.63) is 29.8 Å². The van der Waals surface area contributed by atoms with E-state index in [-0.39, 0.29) is 0 Å². The first kappa shape index (κ1) is 12.0. The highest BCUT2D eigenvalue weighted by atomic mass is 15.2. The van der Waals surface area contributed by atoms with Crippen LogP contribution >= 0.6 is 0 Å². The van der Waals surface area contributed by atoms with Crippen LogP contribution in [0.5, 0.6) is 0 Å². The van der Waals surface area contributed by atoms with Gasteiger partial charge in [0.05, 0.1) is 6.17 Å². The van der Waals surface area contributed by atoms with Gasteiger partial charge in [-0.1, -0.05) is 25.0 Å². The molecule has 1 saturated carbocycles. The number of nitrogens with zero attached hydrogens (tertiary/aromatic N) is 1. The number of nitrogens with one attached hydrogen (secondary N) is 2. The predicted octanol–water partition coefficient (Wildman–Crippen LogP) is 2.26. The zero-order chi connectivity index (χ0) is 12.5. The largest absolute Gasteiger partial charge is 0.378 e. The van der Waals surface area contributed by atoms with Gasteiger partial charge in [0.25, 0.3) is 0 Å². The Morgan fingerprint density at radius 2 is 1.72 bits per heavy atom. The number of hydrogen-bond donors (Lipinski definition) is 2. The minimum atomic E-state index is 0.331. The van der Waals surface area contributed by atoms with Crippen molar-refractivity contribution in [2.75, 3.05) is 19.0 Å². The van der Waals surface area contributed by atoms with Crippen molar-refractivity contribution in [1.82, 2.24) is 10.6 Å².